The standard InChI is InChI=1S/C15H16N2O2/c18-15(19)4-2-1-3-12-5-7-13(8-6-12)14-9-16-11-17-10-14/h5-11H,1-4H2,(H,18,19). The number of benzene rings is 1. The van der Waals surface area contributed by atoms with Crippen molar-refractivity contribution in [1.82, 2.24) is 9.97 Å². The molecule has 0 aliphatic heterocycles. The Kier molecular flexibility index (Phi) is 4.61. The van der Waals surface area contributed by atoms with Gasteiger partial charge in [0, 0.05) is 24.4 Å². The molecule has 98 valence electrons. The lowest BCUT2D eigenvalue weighted by Gasteiger charge is -2.03. The quantitative estimate of drug-likeness (QED) is 0.807. The van der Waals surface area contributed by atoms with Gasteiger partial charge in [0.25, 0.3) is 0 Å². The molecule has 19 heavy (non-hydrogen) atoms. The van der Waals surface area contributed by atoms with E-state index in [0.717, 1.165) is 30.4 Å². The Labute approximate surface area is 112 Å². The monoisotopic (exact) mass is 256 g/mol. The van der Waals surface area contributed by atoms with Gasteiger partial charge in [-0.2, -0.15) is 0 Å². The number of carboxylic acid groups (broad SMARTS) is 1. The van der Waals surface area contributed by atoms with Crippen LogP contribution in [0.1, 0.15) is 24.8 Å². The van der Waals surface area contributed by atoms with Gasteiger partial charge in [-0.15, -0.1) is 0 Å². The summed E-state index contributed by atoms with van der Waals surface area (Å²) >= 11 is 0. The summed E-state index contributed by atoms with van der Waals surface area (Å²) in [5.74, 6) is -0.723. The Morgan fingerprint density at radius 2 is 1.68 bits per heavy atom. The smallest absolute Gasteiger partial charge is 0.303 e. The van der Waals surface area contributed by atoms with Gasteiger partial charge < -0.3 is 5.11 Å². The molecule has 0 unspecified atom stereocenters. The van der Waals surface area contributed by atoms with Crippen LogP contribution in [0.3, 0.4) is 0 Å². The van der Waals surface area contributed by atoms with Crippen LogP contribution in [0.5, 0.6) is 0 Å². The van der Waals surface area contributed by atoms with Crippen molar-refractivity contribution in [1.29, 1.82) is 0 Å². The first kappa shape index (κ1) is 13.2. The first-order chi connectivity index (χ1) is 9.25. The van der Waals surface area contributed by atoms with E-state index in [9.17, 15) is 4.79 Å². The molecule has 0 saturated carbocycles. The van der Waals surface area contributed by atoms with Crippen LogP contribution in [0.15, 0.2) is 43.0 Å². The zero-order chi connectivity index (χ0) is 13.5. The normalized spacial score (nSPS) is 10.3. The van der Waals surface area contributed by atoms with E-state index in [1.165, 1.54) is 11.9 Å². The van der Waals surface area contributed by atoms with E-state index >= 15 is 0 Å². The molecular weight excluding hydrogens is 240 g/mol. The molecule has 0 aliphatic rings. The minimum atomic E-state index is -0.723. The SMILES string of the molecule is O=C(O)CCCCc1ccc(-c2cncnc2)cc1. The van der Waals surface area contributed by atoms with Gasteiger partial charge in [0.2, 0.25) is 0 Å². The molecule has 1 heterocycles. The number of rotatable bonds is 6. The second-order valence-electron chi connectivity index (χ2n) is 4.42. The van der Waals surface area contributed by atoms with Gasteiger partial charge in [-0.3, -0.25) is 4.79 Å². The highest BCUT2D eigenvalue weighted by atomic mass is 16.4. The molecule has 0 bridgehead atoms. The molecule has 0 radical (unpaired) electrons. The molecule has 2 aromatic rings. The number of nitrogens with zero attached hydrogens (tertiary/aromatic N) is 2. The second kappa shape index (κ2) is 6.64. The maximum atomic E-state index is 10.4. The summed E-state index contributed by atoms with van der Waals surface area (Å²) in [6, 6.07) is 8.24. The fourth-order valence-corrected chi connectivity index (χ4v) is 1.92. The van der Waals surface area contributed by atoms with Crippen molar-refractivity contribution in [3.8, 4) is 11.1 Å². The van der Waals surface area contributed by atoms with Crippen molar-refractivity contribution in [2.24, 2.45) is 0 Å². The highest BCUT2D eigenvalue weighted by Crippen LogP contribution is 2.18. The van der Waals surface area contributed by atoms with Gasteiger partial charge in [-0.25, -0.2) is 9.97 Å². The summed E-state index contributed by atoms with van der Waals surface area (Å²) in [6.45, 7) is 0. The first-order valence-corrected chi connectivity index (χ1v) is 6.32. The molecule has 1 aromatic heterocycles. The largest absolute Gasteiger partial charge is 0.481 e. The summed E-state index contributed by atoms with van der Waals surface area (Å²) in [6.07, 6.45) is 7.88. The fraction of sp³-hybridized carbons (Fsp3) is 0.267. The maximum Gasteiger partial charge on any atom is 0.303 e. The molecule has 0 amide bonds. The number of hydrogen-bond acceptors (Lipinski definition) is 3. The molecule has 1 N–H and O–H groups in total. The van der Waals surface area contributed by atoms with Crippen LogP contribution in [0, 0.1) is 0 Å². The van der Waals surface area contributed by atoms with Gasteiger partial charge in [0.15, 0.2) is 0 Å². The average molecular weight is 256 g/mol. The highest BCUT2D eigenvalue weighted by molar-refractivity contribution is 5.66. The van der Waals surface area contributed by atoms with E-state index in [2.05, 4.69) is 22.1 Å². The van der Waals surface area contributed by atoms with Crippen molar-refractivity contribution in [2.45, 2.75) is 25.7 Å². The average Bonchev–Trinajstić information content (AvgIpc) is 2.45. The Morgan fingerprint density at radius 1 is 1.00 bits per heavy atom. The van der Waals surface area contributed by atoms with Crippen molar-refractivity contribution >= 4 is 5.97 Å². The molecule has 0 atom stereocenters. The zero-order valence-electron chi connectivity index (χ0n) is 10.6. The van der Waals surface area contributed by atoms with Gasteiger partial charge >= 0.3 is 5.97 Å². The van der Waals surface area contributed by atoms with Crippen molar-refractivity contribution < 1.29 is 9.90 Å². The van der Waals surface area contributed by atoms with Crippen molar-refractivity contribution in [3.63, 3.8) is 0 Å². The number of carboxylic acids is 1. The van der Waals surface area contributed by atoms with Crippen LogP contribution in [0.4, 0.5) is 0 Å². The third-order valence-electron chi connectivity index (χ3n) is 2.95. The number of hydrogen-bond donors (Lipinski definition) is 1. The predicted molar refractivity (Wildman–Crippen MR) is 72.7 cm³/mol. The van der Waals surface area contributed by atoms with E-state index in [1.54, 1.807) is 12.4 Å². The van der Waals surface area contributed by atoms with E-state index < -0.39 is 5.97 Å². The van der Waals surface area contributed by atoms with Crippen LogP contribution >= 0.6 is 0 Å². The lowest BCUT2D eigenvalue weighted by Crippen LogP contribution is -1.94. The zero-order valence-corrected chi connectivity index (χ0v) is 10.6. The molecule has 0 aliphatic carbocycles. The molecule has 4 nitrogen and oxygen atoms in total. The van der Waals surface area contributed by atoms with E-state index in [1.807, 2.05) is 12.1 Å². The van der Waals surface area contributed by atoms with Crippen LogP contribution in [-0.4, -0.2) is 21.0 Å². The Morgan fingerprint density at radius 3 is 2.32 bits per heavy atom. The van der Waals surface area contributed by atoms with Crippen LogP contribution in [0.2, 0.25) is 0 Å². The highest BCUT2D eigenvalue weighted by Gasteiger charge is 2.00. The van der Waals surface area contributed by atoms with E-state index in [-0.39, 0.29) is 6.42 Å². The van der Waals surface area contributed by atoms with Gasteiger partial charge in [0.05, 0.1) is 0 Å². The third kappa shape index (κ3) is 4.17. The second-order valence-corrected chi connectivity index (χ2v) is 4.42. The molecule has 2 rings (SSSR count). The van der Waals surface area contributed by atoms with Gasteiger partial charge in [0.1, 0.15) is 6.33 Å². The van der Waals surface area contributed by atoms with E-state index in [0.29, 0.717) is 0 Å². The van der Waals surface area contributed by atoms with Gasteiger partial charge in [-0.05, 0) is 30.4 Å². The topological polar surface area (TPSA) is 63.1 Å². The first-order valence-electron chi connectivity index (χ1n) is 6.32. The molecule has 0 fully saturated rings. The van der Waals surface area contributed by atoms with Crippen molar-refractivity contribution in [3.05, 3.63) is 48.5 Å². The fourth-order valence-electron chi connectivity index (χ4n) is 1.92. The molecule has 4 heteroatoms. The number of aromatic nitrogens is 2. The number of unbranched alkanes of at least 4 members (excludes halogenated alkanes) is 1. The minimum Gasteiger partial charge on any atom is -0.481 e. The predicted octanol–water partition coefficient (Wildman–Crippen LogP) is 2.94. The van der Waals surface area contributed by atoms with Crippen molar-refractivity contribution in [2.75, 3.05) is 0 Å². The van der Waals surface area contributed by atoms with Gasteiger partial charge in [-0.1, -0.05) is 24.3 Å². The summed E-state index contributed by atoms with van der Waals surface area (Å²) in [5.41, 5.74) is 3.32. The Balaban J connectivity index is 1.90. The summed E-state index contributed by atoms with van der Waals surface area (Å²) in [5, 5.41) is 8.56. The lowest BCUT2D eigenvalue weighted by atomic mass is 10.0. The Bertz CT molecular complexity index is 524. The van der Waals surface area contributed by atoms with Crippen LogP contribution in [0.25, 0.3) is 11.1 Å². The summed E-state index contributed by atoms with van der Waals surface area (Å²) < 4.78 is 0. The summed E-state index contributed by atoms with van der Waals surface area (Å²) in [7, 11) is 0. The third-order valence-corrected chi connectivity index (χ3v) is 2.95. The van der Waals surface area contributed by atoms with Crippen LogP contribution in [-0.2, 0) is 11.2 Å². The molecule has 0 spiro atoms. The number of carbonyl (C=O) groups is 1. The molecule has 1 aromatic carbocycles. The number of aliphatic carboxylic acids is 1. The minimum absolute atomic E-state index is 0.249. The molecular formula is C15H16N2O2. The lowest BCUT2D eigenvalue weighted by molar-refractivity contribution is -0.137. The maximum absolute atomic E-state index is 10.4. The van der Waals surface area contributed by atoms with Crippen LogP contribution < -0.4 is 0 Å². The molecule has 0 saturated heterocycles. The number of aryl methyl sites for hydroxylation is 1. The van der Waals surface area contributed by atoms with E-state index in [4.69, 9.17) is 5.11 Å². The summed E-state index contributed by atoms with van der Waals surface area (Å²) in [4.78, 5) is 18.4. The Hall–Kier alpha value is -2.23.